The molecule has 0 radical (unpaired) electrons. The molecule has 7 heteroatoms. The van der Waals surface area contributed by atoms with E-state index in [1.165, 1.54) is 17.0 Å². The van der Waals surface area contributed by atoms with Gasteiger partial charge in [-0.3, -0.25) is 9.59 Å². The van der Waals surface area contributed by atoms with Gasteiger partial charge in [0.15, 0.2) is 0 Å². The Balaban J connectivity index is 1.89. The van der Waals surface area contributed by atoms with Crippen LogP contribution < -0.4 is 5.32 Å². The standard InChI is InChI=1S/C16H17BrFN3O2/c1-2-21(16(23)14-7-12(17)9-19-14)10-15(22)20-8-11-3-5-13(18)6-4-11/h3-7,9,19H,2,8,10H2,1H3,(H,20,22). The number of carbonyl (C=O) groups excluding carboxylic acids is 2. The van der Waals surface area contributed by atoms with Crippen molar-refractivity contribution in [3.05, 3.63) is 58.1 Å². The quantitative estimate of drug-likeness (QED) is 0.807. The molecule has 5 nitrogen and oxygen atoms in total. The lowest BCUT2D eigenvalue weighted by atomic mass is 10.2. The first kappa shape index (κ1) is 17.2. The third-order valence-electron chi connectivity index (χ3n) is 3.28. The zero-order chi connectivity index (χ0) is 16.8. The third kappa shape index (κ3) is 4.92. The molecule has 0 fully saturated rings. The highest BCUT2D eigenvalue weighted by atomic mass is 79.9. The lowest BCUT2D eigenvalue weighted by molar-refractivity contribution is -0.121. The summed E-state index contributed by atoms with van der Waals surface area (Å²) in [6, 6.07) is 7.56. The molecule has 2 aromatic rings. The first-order valence-electron chi connectivity index (χ1n) is 7.14. The molecule has 2 amide bonds. The predicted molar refractivity (Wildman–Crippen MR) is 88.3 cm³/mol. The Morgan fingerprint density at radius 3 is 2.57 bits per heavy atom. The van der Waals surface area contributed by atoms with E-state index >= 15 is 0 Å². The van der Waals surface area contributed by atoms with Gasteiger partial charge in [0.25, 0.3) is 5.91 Å². The summed E-state index contributed by atoms with van der Waals surface area (Å²) in [4.78, 5) is 28.6. The highest BCUT2D eigenvalue weighted by Gasteiger charge is 2.18. The number of carbonyl (C=O) groups is 2. The van der Waals surface area contributed by atoms with Crippen LogP contribution in [0, 0.1) is 5.82 Å². The average Bonchev–Trinajstić information content (AvgIpc) is 2.98. The second kappa shape index (κ2) is 7.92. The van der Waals surface area contributed by atoms with Crippen molar-refractivity contribution in [2.75, 3.05) is 13.1 Å². The SMILES string of the molecule is CCN(CC(=O)NCc1ccc(F)cc1)C(=O)c1cc(Br)c[nH]1. The van der Waals surface area contributed by atoms with E-state index in [0.29, 0.717) is 18.8 Å². The Kier molecular flexibility index (Phi) is 5.92. The Morgan fingerprint density at radius 1 is 1.30 bits per heavy atom. The lowest BCUT2D eigenvalue weighted by Crippen LogP contribution is -2.40. The minimum Gasteiger partial charge on any atom is -0.356 e. The van der Waals surface area contributed by atoms with E-state index in [2.05, 4.69) is 26.2 Å². The van der Waals surface area contributed by atoms with Gasteiger partial charge in [0, 0.05) is 23.8 Å². The second-order valence-electron chi connectivity index (χ2n) is 4.95. The van der Waals surface area contributed by atoms with Gasteiger partial charge in [-0.15, -0.1) is 0 Å². The van der Waals surface area contributed by atoms with Gasteiger partial charge in [0.05, 0.1) is 6.54 Å². The van der Waals surface area contributed by atoms with E-state index in [9.17, 15) is 14.0 Å². The van der Waals surface area contributed by atoms with Gasteiger partial charge < -0.3 is 15.2 Å². The number of nitrogens with zero attached hydrogens (tertiary/aromatic N) is 1. The molecule has 23 heavy (non-hydrogen) atoms. The van der Waals surface area contributed by atoms with Crippen molar-refractivity contribution < 1.29 is 14.0 Å². The van der Waals surface area contributed by atoms with E-state index in [1.807, 2.05) is 6.92 Å². The van der Waals surface area contributed by atoms with Crippen LogP contribution in [0.15, 0.2) is 41.0 Å². The summed E-state index contributed by atoms with van der Waals surface area (Å²) in [6.07, 6.45) is 1.66. The number of hydrogen-bond acceptors (Lipinski definition) is 2. The van der Waals surface area contributed by atoms with Crippen molar-refractivity contribution in [2.24, 2.45) is 0 Å². The molecule has 0 unspecified atom stereocenters. The van der Waals surface area contributed by atoms with Gasteiger partial charge in [0.1, 0.15) is 11.5 Å². The summed E-state index contributed by atoms with van der Waals surface area (Å²) < 4.78 is 13.6. The fourth-order valence-electron chi connectivity index (χ4n) is 2.02. The number of rotatable bonds is 6. The molecule has 0 atom stereocenters. The van der Waals surface area contributed by atoms with Crippen LogP contribution >= 0.6 is 15.9 Å². The molecule has 1 heterocycles. The number of aromatic nitrogens is 1. The lowest BCUT2D eigenvalue weighted by Gasteiger charge is -2.19. The highest BCUT2D eigenvalue weighted by Crippen LogP contribution is 2.12. The van der Waals surface area contributed by atoms with Crippen LogP contribution in [0.1, 0.15) is 23.0 Å². The van der Waals surface area contributed by atoms with Crippen molar-refractivity contribution in [3.63, 3.8) is 0 Å². The Hall–Kier alpha value is -2.15. The first-order valence-corrected chi connectivity index (χ1v) is 7.93. The summed E-state index contributed by atoms with van der Waals surface area (Å²) in [6.45, 7) is 2.48. The molecular formula is C16H17BrFN3O2. The van der Waals surface area contributed by atoms with Gasteiger partial charge in [0.2, 0.25) is 5.91 Å². The molecule has 2 rings (SSSR count). The molecule has 0 aliphatic heterocycles. The highest BCUT2D eigenvalue weighted by molar-refractivity contribution is 9.10. The summed E-state index contributed by atoms with van der Waals surface area (Å²) in [7, 11) is 0. The number of H-pyrrole nitrogens is 1. The van der Waals surface area contributed by atoms with Gasteiger partial charge in [-0.05, 0) is 46.6 Å². The zero-order valence-corrected chi connectivity index (χ0v) is 14.2. The van der Waals surface area contributed by atoms with E-state index in [0.717, 1.165) is 10.0 Å². The fourth-order valence-corrected chi connectivity index (χ4v) is 2.36. The molecule has 0 bridgehead atoms. The molecule has 2 N–H and O–H groups in total. The minimum atomic E-state index is -0.320. The van der Waals surface area contributed by atoms with Crippen LogP contribution in [0.4, 0.5) is 4.39 Å². The topological polar surface area (TPSA) is 65.2 Å². The van der Waals surface area contributed by atoms with Crippen molar-refractivity contribution in [1.82, 2.24) is 15.2 Å². The van der Waals surface area contributed by atoms with Crippen LogP contribution in [-0.2, 0) is 11.3 Å². The molecule has 0 saturated heterocycles. The van der Waals surface area contributed by atoms with Crippen LogP contribution in [0.5, 0.6) is 0 Å². The van der Waals surface area contributed by atoms with Crippen molar-refractivity contribution >= 4 is 27.7 Å². The normalized spacial score (nSPS) is 10.4. The van der Waals surface area contributed by atoms with E-state index in [1.54, 1.807) is 24.4 Å². The summed E-state index contributed by atoms with van der Waals surface area (Å²) in [5, 5.41) is 2.72. The molecule has 1 aromatic heterocycles. The largest absolute Gasteiger partial charge is 0.356 e. The molecule has 0 spiro atoms. The van der Waals surface area contributed by atoms with Gasteiger partial charge >= 0.3 is 0 Å². The van der Waals surface area contributed by atoms with Crippen molar-refractivity contribution in [2.45, 2.75) is 13.5 Å². The van der Waals surface area contributed by atoms with E-state index in [4.69, 9.17) is 0 Å². The van der Waals surface area contributed by atoms with Gasteiger partial charge in [-0.25, -0.2) is 4.39 Å². The maximum absolute atomic E-state index is 12.8. The van der Waals surface area contributed by atoms with E-state index < -0.39 is 0 Å². The summed E-state index contributed by atoms with van der Waals surface area (Å²) in [5.74, 6) is -0.829. The summed E-state index contributed by atoms with van der Waals surface area (Å²) in [5.41, 5.74) is 1.22. The third-order valence-corrected chi connectivity index (χ3v) is 3.74. The van der Waals surface area contributed by atoms with E-state index in [-0.39, 0.29) is 24.2 Å². The number of aromatic amines is 1. The Labute approximate surface area is 142 Å². The zero-order valence-electron chi connectivity index (χ0n) is 12.6. The molecule has 0 aliphatic rings. The van der Waals surface area contributed by atoms with Gasteiger partial charge in [-0.1, -0.05) is 12.1 Å². The number of halogens is 2. The Bertz CT molecular complexity index is 685. The second-order valence-corrected chi connectivity index (χ2v) is 5.87. The van der Waals surface area contributed by atoms with Crippen molar-refractivity contribution in [1.29, 1.82) is 0 Å². The summed E-state index contributed by atoms with van der Waals surface area (Å²) >= 11 is 3.27. The van der Waals surface area contributed by atoms with Gasteiger partial charge in [-0.2, -0.15) is 0 Å². The maximum atomic E-state index is 12.8. The molecule has 122 valence electrons. The maximum Gasteiger partial charge on any atom is 0.270 e. The molecular weight excluding hydrogens is 365 g/mol. The fraction of sp³-hybridized carbons (Fsp3) is 0.250. The molecule has 0 aliphatic carbocycles. The van der Waals surface area contributed by atoms with Crippen molar-refractivity contribution in [3.8, 4) is 0 Å². The van der Waals surface area contributed by atoms with Crippen LogP contribution in [-0.4, -0.2) is 34.8 Å². The average molecular weight is 382 g/mol. The number of benzene rings is 1. The number of hydrogen-bond donors (Lipinski definition) is 2. The number of amides is 2. The smallest absolute Gasteiger partial charge is 0.270 e. The Morgan fingerprint density at radius 2 is 2.00 bits per heavy atom. The van der Waals surface area contributed by atoms with Crippen LogP contribution in [0.2, 0.25) is 0 Å². The molecule has 1 aromatic carbocycles. The van der Waals surface area contributed by atoms with Crippen LogP contribution in [0.3, 0.4) is 0 Å². The first-order chi connectivity index (χ1) is 11.0. The molecule has 0 saturated carbocycles. The number of nitrogens with one attached hydrogen (secondary N) is 2. The number of likely N-dealkylation sites (N-methyl/N-ethyl adjacent to an activating group) is 1. The predicted octanol–water partition coefficient (Wildman–Crippen LogP) is 2.69. The van der Waals surface area contributed by atoms with Crippen LogP contribution in [0.25, 0.3) is 0 Å². The minimum absolute atomic E-state index is 0.0346. The monoisotopic (exact) mass is 381 g/mol.